The first-order valence-electron chi connectivity index (χ1n) is 10.7. The fourth-order valence-electron chi connectivity index (χ4n) is 3.95. The molecule has 0 unspecified atom stereocenters. The number of para-hydroxylation sites is 1. The highest BCUT2D eigenvalue weighted by atomic mass is 19.4. The summed E-state index contributed by atoms with van der Waals surface area (Å²) >= 11 is 0. The van der Waals surface area contributed by atoms with E-state index >= 15 is 0 Å². The number of carbonyl (C=O) groups is 1. The Kier molecular flexibility index (Phi) is 6.28. The summed E-state index contributed by atoms with van der Waals surface area (Å²) < 4.78 is 45.6. The van der Waals surface area contributed by atoms with E-state index in [4.69, 9.17) is 4.74 Å². The number of carbonyl (C=O) groups excluding carboxylic acids is 1. The Labute approximate surface area is 195 Å². The van der Waals surface area contributed by atoms with Crippen molar-refractivity contribution in [2.45, 2.75) is 33.5 Å². The third-order valence-corrected chi connectivity index (χ3v) is 5.57. The van der Waals surface area contributed by atoms with Gasteiger partial charge < -0.3 is 10.1 Å². The van der Waals surface area contributed by atoms with E-state index in [1.165, 1.54) is 19.2 Å². The number of pyridine rings is 1. The van der Waals surface area contributed by atoms with Crippen LogP contribution in [0.15, 0.2) is 66.9 Å². The summed E-state index contributed by atoms with van der Waals surface area (Å²) in [7, 11) is 0. The second kappa shape index (κ2) is 9.17. The molecule has 0 aliphatic rings. The summed E-state index contributed by atoms with van der Waals surface area (Å²) in [4.78, 5) is 15.3. The summed E-state index contributed by atoms with van der Waals surface area (Å²) in [5, 5.41) is 3.85. The number of nitrogens with one attached hydrogen (secondary N) is 1. The molecule has 4 aromatic rings. The van der Waals surface area contributed by atoms with Gasteiger partial charge in [-0.3, -0.25) is 9.78 Å². The van der Waals surface area contributed by atoms with Gasteiger partial charge in [0.2, 0.25) is 0 Å². The van der Waals surface area contributed by atoms with E-state index < -0.39 is 11.7 Å². The number of fused-ring (bicyclic) bond motifs is 1. The zero-order valence-electron chi connectivity index (χ0n) is 19.0. The first kappa shape index (κ1) is 23.3. The van der Waals surface area contributed by atoms with Crippen LogP contribution >= 0.6 is 0 Å². The van der Waals surface area contributed by atoms with Gasteiger partial charge in [0, 0.05) is 30.7 Å². The molecule has 0 spiro atoms. The molecule has 0 fully saturated rings. The van der Waals surface area contributed by atoms with Gasteiger partial charge >= 0.3 is 12.1 Å². The zero-order chi connectivity index (χ0) is 24.5. The summed E-state index contributed by atoms with van der Waals surface area (Å²) in [5.41, 5.74) is 4.33. The van der Waals surface area contributed by atoms with Crippen molar-refractivity contribution >= 4 is 22.6 Å². The number of rotatable bonds is 5. The quantitative estimate of drug-likeness (QED) is 0.253. The lowest BCUT2D eigenvalue weighted by molar-refractivity contribution is -0.136. The zero-order valence-corrected chi connectivity index (χ0v) is 19.0. The highest BCUT2D eigenvalue weighted by Crippen LogP contribution is 2.37. The highest BCUT2D eigenvalue weighted by Gasteiger charge is 2.33. The number of aromatic nitrogens is 1. The van der Waals surface area contributed by atoms with E-state index in [0.717, 1.165) is 34.0 Å². The third-order valence-electron chi connectivity index (χ3n) is 5.57. The number of hydrogen-bond donors (Lipinski definition) is 1. The number of anilines is 1. The molecule has 0 amide bonds. The SMILES string of the molecule is CC(=O)Oc1cc(C)c(NCc2cccc(-c3ccnc4c(C(F)(F)F)cccc34)c2)cc1C. The van der Waals surface area contributed by atoms with Crippen LogP contribution in [-0.4, -0.2) is 11.0 Å². The first-order valence-corrected chi connectivity index (χ1v) is 10.7. The molecule has 0 saturated carbocycles. The molecular weight excluding hydrogens is 441 g/mol. The topological polar surface area (TPSA) is 51.2 Å². The summed E-state index contributed by atoms with van der Waals surface area (Å²) in [6.45, 7) is 5.67. The van der Waals surface area contributed by atoms with Gasteiger partial charge in [-0.25, -0.2) is 0 Å². The minimum absolute atomic E-state index is 0.0602. The van der Waals surface area contributed by atoms with Crippen LogP contribution in [-0.2, 0) is 17.5 Å². The second-order valence-electron chi connectivity index (χ2n) is 8.14. The van der Waals surface area contributed by atoms with Gasteiger partial charge in [0.15, 0.2) is 0 Å². The summed E-state index contributed by atoms with van der Waals surface area (Å²) in [6.07, 6.45) is -3.06. The van der Waals surface area contributed by atoms with Crippen molar-refractivity contribution in [2.24, 2.45) is 0 Å². The van der Waals surface area contributed by atoms with Crippen molar-refractivity contribution < 1.29 is 22.7 Å². The lowest BCUT2D eigenvalue weighted by atomic mass is 9.97. The van der Waals surface area contributed by atoms with Crippen molar-refractivity contribution in [3.05, 3.63) is 89.1 Å². The number of esters is 1. The van der Waals surface area contributed by atoms with Crippen molar-refractivity contribution in [1.82, 2.24) is 4.98 Å². The van der Waals surface area contributed by atoms with Gasteiger partial charge in [-0.05, 0) is 72.0 Å². The van der Waals surface area contributed by atoms with E-state index in [-0.39, 0.29) is 11.5 Å². The third kappa shape index (κ3) is 4.88. The number of aryl methyl sites for hydroxylation is 2. The van der Waals surface area contributed by atoms with Crippen molar-refractivity contribution in [1.29, 1.82) is 0 Å². The van der Waals surface area contributed by atoms with Crippen LogP contribution < -0.4 is 10.1 Å². The molecule has 0 aliphatic heterocycles. The van der Waals surface area contributed by atoms with Crippen LogP contribution in [0.2, 0.25) is 0 Å². The largest absolute Gasteiger partial charge is 0.426 e. The molecular formula is C27H23F3N2O2. The van der Waals surface area contributed by atoms with E-state index in [9.17, 15) is 18.0 Å². The minimum atomic E-state index is -4.47. The molecule has 174 valence electrons. The molecule has 1 aromatic heterocycles. The van der Waals surface area contributed by atoms with Crippen molar-refractivity contribution in [3.8, 4) is 16.9 Å². The first-order chi connectivity index (χ1) is 16.1. The molecule has 1 heterocycles. The maximum Gasteiger partial charge on any atom is 0.418 e. The Bertz CT molecular complexity index is 1380. The molecule has 0 bridgehead atoms. The molecule has 1 N–H and O–H groups in total. The predicted molar refractivity (Wildman–Crippen MR) is 127 cm³/mol. The molecule has 0 atom stereocenters. The number of alkyl halides is 3. The van der Waals surface area contributed by atoms with Gasteiger partial charge in [0.1, 0.15) is 5.75 Å². The van der Waals surface area contributed by atoms with Gasteiger partial charge in [0.05, 0.1) is 11.1 Å². The Hall–Kier alpha value is -3.87. The number of benzene rings is 3. The maximum absolute atomic E-state index is 13.5. The van der Waals surface area contributed by atoms with Gasteiger partial charge in [-0.2, -0.15) is 13.2 Å². The van der Waals surface area contributed by atoms with E-state index in [0.29, 0.717) is 23.2 Å². The Morgan fingerprint density at radius 1 is 1.00 bits per heavy atom. The molecule has 4 nitrogen and oxygen atoms in total. The van der Waals surface area contributed by atoms with Gasteiger partial charge in [-0.1, -0.05) is 30.3 Å². The number of hydrogen-bond acceptors (Lipinski definition) is 4. The Balaban J connectivity index is 1.62. The van der Waals surface area contributed by atoms with Crippen LogP contribution in [0, 0.1) is 13.8 Å². The number of halogens is 3. The maximum atomic E-state index is 13.5. The lowest BCUT2D eigenvalue weighted by Gasteiger charge is -2.15. The number of nitrogens with zero attached hydrogens (tertiary/aromatic N) is 1. The predicted octanol–water partition coefficient (Wildman–Crippen LogP) is 7.07. The van der Waals surface area contributed by atoms with Crippen LogP contribution in [0.3, 0.4) is 0 Å². The standard InChI is InChI=1S/C27H23F3N2O2/c1-16-13-25(34-18(3)33)17(2)12-24(16)32-15-19-6-4-7-20(14-19)21-10-11-31-26-22(21)8-5-9-23(26)27(28,29)30/h4-14,32H,15H2,1-3H3. The molecule has 7 heteroatoms. The second-order valence-corrected chi connectivity index (χ2v) is 8.14. The average molecular weight is 464 g/mol. The van der Waals surface area contributed by atoms with Crippen LogP contribution in [0.25, 0.3) is 22.0 Å². The molecule has 0 saturated heterocycles. The fraction of sp³-hybridized carbons (Fsp3) is 0.185. The Morgan fingerprint density at radius 3 is 2.50 bits per heavy atom. The summed E-state index contributed by atoms with van der Waals surface area (Å²) in [5.74, 6) is 0.159. The van der Waals surface area contributed by atoms with E-state index in [1.54, 1.807) is 12.1 Å². The monoisotopic (exact) mass is 464 g/mol. The molecule has 0 radical (unpaired) electrons. The van der Waals surface area contributed by atoms with Gasteiger partial charge in [-0.15, -0.1) is 0 Å². The smallest absolute Gasteiger partial charge is 0.418 e. The van der Waals surface area contributed by atoms with Crippen molar-refractivity contribution in [2.75, 3.05) is 5.32 Å². The molecule has 4 rings (SSSR count). The van der Waals surface area contributed by atoms with Crippen LogP contribution in [0.1, 0.15) is 29.2 Å². The van der Waals surface area contributed by atoms with E-state index in [2.05, 4.69) is 10.3 Å². The van der Waals surface area contributed by atoms with Gasteiger partial charge in [0.25, 0.3) is 0 Å². The van der Waals surface area contributed by atoms with Crippen LogP contribution in [0.4, 0.5) is 18.9 Å². The minimum Gasteiger partial charge on any atom is -0.426 e. The van der Waals surface area contributed by atoms with Crippen molar-refractivity contribution in [3.63, 3.8) is 0 Å². The Morgan fingerprint density at radius 2 is 1.76 bits per heavy atom. The fourth-order valence-corrected chi connectivity index (χ4v) is 3.95. The molecule has 0 aliphatic carbocycles. The highest BCUT2D eigenvalue weighted by molar-refractivity contribution is 5.96. The van der Waals surface area contributed by atoms with Crippen LogP contribution in [0.5, 0.6) is 5.75 Å². The average Bonchev–Trinajstić information content (AvgIpc) is 2.78. The lowest BCUT2D eigenvalue weighted by Crippen LogP contribution is -2.06. The summed E-state index contributed by atoms with van der Waals surface area (Å²) in [6, 6.07) is 17.3. The molecule has 34 heavy (non-hydrogen) atoms. The normalized spacial score (nSPS) is 11.5. The molecule has 3 aromatic carbocycles. The van der Waals surface area contributed by atoms with E-state index in [1.807, 2.05) is 50.2 Å². The number of ether oxygens (including phenoxy) is 1.